The number of benzene rings is 2. The normalized spacial score (nSPS) is 10.6. The van der Waals surface area contributed by atoms with E-state index >= 15 is 0 Å². The highest BCUT2D eigenvalue weighted by atomic mass is 79.9. The minimum Gasteiger partial charge on any atom is -0.496 e. The Hall–Kier alpha value is -2.67. The first-order chi connectivity index (χ1) is 12.4. The Labute approximate surface area is 160 Å². The summed E-state index contributed by atoms with van der Waals surface area (Å²) in [4.78, 5) is 23.9. The van der Waals surface area contributed by atoms with Gasteiger partial charge in [-0.2, -0.15) is 5.10 Å². The standard InChI is InChI=1S/C19H20BrN3O3/c1-12-4-6-16(13(2)8-12)22-18(24)10-19(25)23-21-11-14-9-15(20)5-7-17(14)26-3/h4-9,11H,10H2,1-3H3,(H,22,24)(H,23,25). The van der Waals surface area contributed by atoms with E-state index in [1.165, 1.54) is 6.21 Å². The maximum absolute atomic E-state index is 12.0. The predicted octanol–water partition coefficient (Wildman–Crippen LogP) is 3.55. The van der Waals surface area contributed by atoms with E-state index in [9.17, 15) is 9.59 Å². The highest BCUT2D eigenvalue weighted by Crippen LogP contribution is 2.21. The average Bonchev–Trinajstić information content (AvgIpc) is 2.57. The summed E-state index contributed by atoms with van der Waals surface area (Å²) in [5.41, 5.74) is 5.78. The fourth-order valence-electron chi connectivity index (χ4n) is 2.31. The lowest BCUT2D eigenvalue weighted by atomic mass is 10.1. The molecule has 0 fully saturated rings. The van der Waals surface area contributed by atoms with Crippen LogP contribution in [0.25, 0.3) is 0 Å². The minimum absolute atomic E-state index is 0.319. The quantitative estimate of drug-likeness (QED) is 0.428. The molecule has 2 aromatic rings. The van der Waals surface area contributed by atoms with E-state index < -0.39 is 11.8 Å². The fourth-order valence-corrected chi connectivity index (χ4v) is 2.69. The molecule has 136 valence electrons. The Morgan fingerprint density at radius 1 is 1.15 bits per heavy atom. The molecule has 0 aromatic heterocycles. The van der Waals surface area contributed by atoms with Crippen molar-refractivity contribution in [2.75, 3.05) is 12.4 Å². The summed E-state index contributed by atoms with van der Waals surface area (Å²) in [5, 5.41) is 6.60. The van der Waals surface area contributed by atoms with Crippen molar-refractivity contribution >= 4 is 39.6 Å². The van der Waals surface area contributed by atoms with Gasteiger partial charge in [-0.25, -0.2) is 5.43 Å². The van der Waals surface area contributed by atoms with Gasteiger partial charge in [-0.05, 0) is 43.7 Å². The van der Waals surface area contributed by atoms with Crippen LogP contribution in [0.1, 0.15) is 23.1 Å². The Balaban J connectivity index is 1.90. The molecular formula is C19H20BrN3O3. The minimum atomic E-state index is -0.502. The van der Waals surface area contributed by atoms with Crippen LogP contribution in [0.5, 0.6) is 5.75 Å². The molecule has 0 radical (unpaired) electrons. The highest BCUT2D eigenvalue weighted by Gasteiger charge is 2.10. The lowest BCUT2D eigenvalue weighted by molar-refractivity contribution is -0.126. The maximum Gasteiger partial charge on any atom is 0.249 e. The summed E-state index contributed by atoms with van der Waals surface area (Å²) in [5.74, 6) is -0.277. The summed E-state index contributed by atoms with van der Waals surface area (Å²) < 4.78 is 6.08. The summed E-state index contributed by atoms with van der Waals surface area (Å²) in [7, 11) is 1.55. The lowest BCUT2D eigenvalue weighted by Gasteiger charge is -2.08. The van der Waals surface area contributed by atoms with E-state index in [1.807, 2.05) is 38.1 Å². The topological polar surface area (TPSA) is 79.8 Å². The van der Waals surface area contributed by atoms with Gasteiger partial charge in [0.05, 0.1) is 13.3 Å². The van der Waals surface area contributed by atoms with Crippen molar-refractivity contribution in [2.45, 2.75) is 20.3 Å². The van der Waals surface area contributed by atoms with Crippen LogP contribution in [0, 0.1) is 13.8 Å². The zero-order chi connectivity index (χ0) is 19.1. The van der Waals surface area contributed by atoms with Gasteiger partial charge in [-0.3, -0.25) is 9.59 Å². The first-order valence-electron chi connectivity index (χ1n) is 7.91. The number of aryl methyl sites for hydroxylation is 2. The summed E-state index contributed by atoms with van der Waals surface area (Å²) >= 11 is 3.36. The molecule has 0 unspecified atom stereocenters. The zero-order valence-electron chi connectivity index (χ0n) is 14.8. The van der Waals surface area contributed by atoms with Crippen LogP contribution in [-0.2, 0) is 9.59 Å². The maximum atomic E-state index is 12.0. The first kappa shape index (κ1) is 19.7. The van der Waals surface area contributed by atoms with E-state index in [4.69, 9.17) is 4.74 Å². The van der Waals surface area contributed by atoms with Crippen LogP contribution in [0.2, 0.25) is 0 Å². The number of halogens is 1. The number of carbonyl (C=O) groups excluding carboxylic acids is 2. The van der Waals surface area contributed by atoms with Crippen LogP contribution >= 0.6 is 15.9 Å². The Bertz CT molecular complexity index is 850. The molecule has 2 amide bonds. The average molecular weight is 418 g/mol. The van der Waals surface area contributed by atoms with Crippen molar-refractivity contribution in [3.8, 4) is 5.75 Å². The predicted molar refractivity (Wildman–Crippen MR) is 106 cm³/mol. The molecule has 2 aromatic carbocycles. The van der Waals surface area contributed by atoms with Crippen LogP contribution in [0.3, 0.4) is 0 Å². The number of nitrogens with zero attached hydrogens (tertiary/aromatic N) is 1. The van der Waals surface area contributed by atoms with Crippen molar-refractivity contribution in [1.82, 2.24) is 5.43 Å². The van der Waals surface area contributed by atoms with Gasteiger partial charge in [-0.15, -0.1) is 0 Å². The van der Waals surface area contributed by atoms with Gasteiger partial charge < -0.3 is 10.1 Å². The van der Waals surface area contributed by atoms with Gasteiger partial charge >= 0.3 is 0 Å². The molecule has 2 rings (SSSR count). The van der Waals surface area contributed by atoms with Gasteiger partial charge in [0, 0.05) is 15.7 Å². The van der Waals surface area contributed by atoms with Gasteiger partial charge in [0.1, 0.15) is 12.2 Å². The van der Waals surface area contributed by atoms with Crippen LogP contribution in [0.15, 0.2) is 46.0 Å². The number of ether oxygens (including phenoxy) is 1. The van der Waals surface area contributed by atoms with Crippen molar-refractivity contribution in [3.05, 3.63) is 57.6 Å². The van der Waals surface area contributed by atoms with Gasteiger partial charge in [-0.1, -0.05) is 33.6 Å². The van der Waals surface area contributed by atoms with E-state index in [0.717, 1.165) is 15.6 Å². The first-order valence-corrected chi connectivity index (χ1v) is 8.71. The highest BCUT2D eigenvalue weighted by molar-refractivity contribution is 9.10. The second kappa shape index (κ2) is 9.15. The number of carbonyl (C=O) groups is 2. The SMILES string of the molecule is COc1ccc(Br)cc1C=NNC(=O)CC(=O)Nc1ccc(C)cc1C. The Kier molecular flexibility index (Phi) is 6.91. The van der Waals surface area contributed by atoms with Gasteiger partial charge in [0.15, 0.2) is 0 Å². The fraction of sp³-hybridized carbons (Fsp3) is 0.211. The largest absolute Gasteiger partial charge is 0.496 e. The second-order valence-corrected chi connectivity index (χ2v) is 6.64. The number of hydrogen-bond acceptors (Lipinski definition) is 4. The molecule has 2 N–H and O–H groups in total. The van der Waals surface area contributed by atoms with Gasteiger partial charge in [0.25, 0.3) is 0 Å². The van der Waals surface area contributed by atoms with Crippen LogP contribution in [0.4, 0.5) is 5.69 Å². The molecule has 0 spiro atoms. The molecule has 0 heterocycles. The third kappa shape index (κ3) is 5.70. The smallest absolute Gasteiger partial charge is 0.249 e. The monoisotopic (exact) mass is 417 g/mol. The van der Waals surface area contributed by atoms with Crippen molar-refractivity contribution in [2.24, 2.45) is 5.10 Å². The molecule has 0 atom stereocenters. The van der Waals surface area contributed by atoms with Crippen LogP contribution < -0.4 is 15.5 Å². The third-order valence-electron chi connectivity index (χ3n) is 3.56. The number of anilines is 1. The third-order valence-corrected chi connectivity index (χ3v) is 4.05. The molecule has 0 bridgehead atoms. The number of hydrazone groups is 1. The summed E-state index contributed by atoms with van der Waals surface area (Å²) in [6.07, 6.45) is 1.14. The van der Waals surface area contributed by atoms with E-state index in [0.29, 0.717) is 17.0 Å². The number of amides is 2. The van der Waals surface area contributed by atoms with E-state index in [1.54, 1.807) is 19.2 Å². The number of hydrogen-bond donors (Lipinski definition) is 2. The van der Waals surface area contributed by atoms with E-state index in [-0.39, 0.29) is 6.42 Å². The number of rotatable bonds is 6. The molecule has 0 aliphatic heterocycles. The lowest BCUT2D eigenvalue weighted by Crippen LogP contribution is -2.24. The zero-order valence-corrected chi connectivity index (χ0v) is 16.4. The Morgan fingerprint density at radius 2 is 1.92 bits per heavy atom. The molecule has 0 aliphatic carbocycles. The molecule has 6 nitrogen and oxygen atoms in total. The van der Waals surface area contributed by atoms with E-state index in [2.05, 4.69) is 31.8 Å². The van der Waals surface area contributed by atoms with Crippen LogP contribution in [-0.4, -0.2) is 25.1 Å². The molecule has 0 saturated carbocycles. The summed E-state index contributed by atoms with van der Waals surface area (Å²) in [6.45, 7) is 3.88. The molecule has 0 aliphatic rings. The van der Waals surface area contributed by atoms with Crippen molar-refractivity contribution < 1.29 is 14.3 Å². The number of nitrogens with one attached hydrogen (secondary N) is 2. The van der Waals surface area contributed by atoms with Crippen molar-refractivity contribution in [3.63, 3.8) is 0 Å². The molecule has 26 heavy (non-hydrogen) atoms. The molecule has 0 saturated heterocycles. The van der Waals surface area contributed by atoms with Crippen molar-refractivity contribution in [1.29, 1.82) is 0 Å². The molecule has 7 heteroatoms. The number of methoxy groups -OCH3 is 1. The van der Waals surface area contributed by atoms with Gasteiger partial charge in [0.2, 0.25) is 11.8 Å². The Morgan fingerprint density at radius 3 is 2.62 bits per heavy atom. The second-order valence-electron chi connectivity index (χ2n) is 5.72. The summed E-state index contributed by atoms with van der Waals surface area (Å²) in [6, 6.07) is 11.1. The molecular weight excluding hydrogens is 398 g/mol.